The number of amides is 1. The van der Waals surface area contributed by atoms with Crippen LogP contribution >= 0.6 is 34.4 Å². The van der Waals surface area contributed by atoms with Gasteiger partial charge in [-0.3, -0.25) is 9.59 Å². The van der Waals surface area contributed by atoms with Gasteiger partial charge in [-0.15, -0.1) is 22.7 Å². The maximum Gasteiger partial charge on any atom is 0.260 e. The monoisotopic (exact) mass is 420 g/mol. The molecule has 0 fully saturated rings. The molecule has 3 aromatic heterocycles. The molecule has 142 valence electrons. The number of aromatic nitrogens is 3. The van der Waals surface area contributed by atoms with E-state index in [2.05, 4.69) is 20.3 Å². The molecule has 0 saturated carbocycles. The van der Waals surface area contributed by atoms with Crippen LogP contribution in [0.2, 0.25) is 0 Å². The lowest BCUT2D eigenvalue weighted by molar-refractivity contribution is -0.115. The van der Waals surface area contributed by atoms with E-state index in [9.17, 15) is 9.59 Å². The van der Waals surface area contributed by atoms with Crippen LogP contribution in [-0.4, -0.2) is 26.1 Å². The molecule has 2 N–H and O–H groups in total. The maximum absolute atomic E-state index is 12.6. The molecule has 3 heterocycles. The Kier molecular flexibility index (Phi) is 5.09. The second-order valence-electron chi connectivity index (χ2n) is 6.67. The van der Waals surface area contributed by atoms with Crippen LogP contribution in [-0.2, 0) is 17.6 Å². The van der Waals surface area contributed by atoms with E-state index in [1.54, 1.807) is 18.3 Å². The molecule has 1 aliphatic rings. The number of hydrogen-bond donors (Lipinski definition) is 2. The predicted molar refractivity (Wildman–Crippen MR) is 112 cm³/mol. The molecule has 0 aliphatic heterocycles. The highest BCUT2D eigenvalue weighted by Crippen LogP contribution is 2.34. The van der Waals surface area contributed by atoms with Gasteiger partial charge in [0.25, 0.3) is 5.56 Å². The quantitative estimate of drug-likeness (QED) is 0.491. The van der Waals surface area contributed by atoms with Crippen molar-refractivity contribution in [2.24, 2.45) is 0 Å². The fourth-order valence-corrected chi connectivity index (χ4v) is 6.09. The fraction of sp³-hybridized carbons (Fsp3) is 0.444. The van der Waals surface area contributed by atoms with Gasteiger partial charge in [0.05, 0.1) is 16.3 Å². The van der Waals surface area contributed by atoms with Crippen molar-refractivity contribution in [3.8, 4) is 0 Å². The van der Waals surface area contributed by atoms with Crippen molar-refractivity contribution in [1.82, 2.24) is 15.0 Å². The van der Waals surface area contributed by atoms with Crippen molar-refractivity contribution in [3.63, 3.8) is 0 Å². The van der Waals surface area contributed by atoms with Gasteiger partial charge in [-0.05, 0) is 52.0 Å². The zero-order valence-corrected chi connectivity index (χ0v) is 17.8. The molecule has 0 radical (unpaired) electrons. The standard InChI is InChI=1S/C18H20N4O2S3/c1-8-9(2)25-17(19-8)20-14(23)10(3)26-18-21-15(24)13-11-6-4-5-7-12(11)27-16(13)22-18/h10H,4-7H2,1-3H3,(H,19,20,23)(H,21,22,24). The molecule has 0 saturated heterocycles. The fourth-order valence-electron chi connectivity index (χ4n) is 3.15. The molecular weight excluding hydrogens is 400 g/mol. The summed E-state index contributed by atoms with van der Waals surface area (Å²) in [5, 5.41) is 4.28. The van der Waals surface area contributed by atoms with Gasteiger partial charge in [0.2, 0.25) is 5.91 Å². The summed E-state index contributed by atoms with van der Waals surface area (Å²) in [6.45, 7) is 5.70. The molecule has 3 aromatic rings. The van der Waals surface area contributed by atoms with Crippen LogP contribution in [0, 0.1) is 13.8 Å². The number of aromatic amines is 1. The summed E-state index contributed by atoms with van der Waals surface area (Å²) in [4.78, 5) is 40.0. The number of thiazole rings is 1. The maximum atomic E-state index is 12.6. The van der Waals surface area contributed by atoms with Crippen molar-refractivity contribution in [2.45, 2.75) is 56.9 Å². The van der Waals surface area contributed by atoms with E-state index < -0.39 is 5.25 Å². The Morgan fingerprint density at radius 1 is 1.22 bits per heavy atom. The number of thioether (sulfide) groups is 1. The zero-order chi connectivity index (χ0) is 19.1. The summed E-state index contributed by atoms with van der Waals surface area (Å²) in [5.74, 6) is -0.151. The van der Waals surface area contributed by atoms with E-state index in [1.807, 2.05) is 13.8 Å². The lowest BCUT2D eigenvalue weighted by atomic mass is 9.97. The molecule has 27 heavy (non-hydrogen) atoms. The van der Waals surface area contributed by atoms with Crippen LogP contribution in [0.3, 0.4) is 0 Å². The molecule has 1 unspecified atom stereocenters. The van der Waals surface area contributed by atoms with Gasteiger partial charge in [0, 0.05) is 9.75 Å². The van der Waals surface area contributed by atoms with Crippen LogP contribution in [0.25, 0.3) is 10.2 Å². The topological polar surface area (TPSA) is 87.7 Å². The first kappa shape index (κ1) is 18.6. The van der Waals surface area contributed by atoms with E-state index in [0.29, 0.717) is 10.3 Å². The summed E-state index contributed by atoms with van der Waals surface area (Å²) < 4.78 is 0. The van der Waals surface area contributed by atoms with Gasteiger partial charge < -0.3 is 10.3 Å². The molecular formula is C18H20N4O2S3. The SMILES string of the molecule is Cc1nc(NC(=O)C(C)Sc2nc3sc4c(c3c(=O)[nH]2)CCCC4)sc1C. The Labute approximate surface area is 168 Å². The molecule has 0 bridgehead atoms. The summed E-state index contributed by atoms with van der Waals surface area (Å²) >= 11 is 4.34. The molecule has 4 rings (SSSR count). The van der Waals surface area contributed by atoms with Gasteiger partial charge >= 0.3 is 0 Å². The molecule has 0 spiro atoms. The molecule has 1 amide bonds. The van der Waals surface area contributed by atoms with Crippen molar-refractivity contribution in [3.05, 3.63) is 31.4 Å². The second-order valence-corrected chi connectivity index (χ2v) is 10.3. The first-order valence-corrected chi connectivity index (χ1v) is 11.4. The normalized spacial score (nSPS) is 14.9. The predicted octanol–water partition coefficient (Wildman–Crippen LogP) is 4.06. The molecule has 6 nitrogen and oxygen atoms in total. The summed E-state index contributed by atoms with van der Waals surface area (Å²) in [5.41, 5.74) is 2.00. The van der Waals surface area contributed by atoms with Gasteiger partial charge in [-0.1, -0.05) is 11.8 Å². The number of fused-ring (bicyclic) bond motifs is 3. The number of nitrogens with one attached hydrogen (secondary N) is 2. The Balaban J connectivity index is 1.54. The highest BCUT2D eigenvalue weighted by molar-refractivity contribution is 8.00. The Hall–Kier alpha value is -1.71. The summed E-state index contributed by atoms with van der Waals surface area (Å²) in [7, 11) is 0. The number of thiophene rings is 1. The first-order valence-electron chi connectivity index (χ1n) is 8.88. The minimum atomic E-state index is -0.398. The van der Waals surface area contributed by atoms with Gasteiger partial charge in [0.15, 0.2) is 10.3 Å². The van der Waals surface area contributed by atoms with Crippen molar-refractivity contribution < 1.29 is 4.79 Å². The number of nitrogens with zero attached hydrogens (tertiary/aromatic N) is 2. The second kappa shape index (κ2) is 7.37. The smallest absolute Gasteiger partial charge is 0.260 e. The summed E-state index contributed by atoms with van der Waals surface area (Å²) in [6, 6.07) is 0. The Bertz CT molecular complexity index is 1060. The number of carbonyl (C=O) groups excluding carboxylic acids is 1. The molecule has 1 atom stereocenters. The highest BCUT2D eigenvalue weighted by Gasteiger charge is 2.22. The van der Waals surface area contributed by atoms with E-state index >= 15 is 0 Å². The molecule has 0 aromatic carbocycles. The number of rotatable bonds is 4. The van der Waals surface area contributed by atoms with E-state index in [4.69, 9.17) is 0 Å². The van der Waals surface area contributed by atoms with E-state index in [-0.39, 0.29) is 11.5 Å². The van der Waals surface area contributed by atoms with Crippen molar-refractivity contribution in [2.75, 3.05) is 5.32 Å². The average Bonchev–Trinajstić information content (AvgIpc) is 3.14. The van der Waals surface area contributed by atoms with Crippen LogP contribution in [0.4, 0.5) is 5.13 Å². The van der Waals surface area contributed by atoms with Crippen LogP contribution in [0.1, 0.15) is 40.8 Å². The van der Waals surface area contributed by atoms with Crippen molar-refractivity contribution >= 4 is 55.7 Å². The van der Waals surface area contributed by atoms with E-state index in [1.165, 1.54) is 40.0 Å². The van der Waals surface area contributed by atoms with Gasteiger partial charge in [-0.25, -0.2) is 9.97 Å². The van der Waals surface area contributed by atoms with Crippen LogP contribution in [0.15, 0.2) is 9.95 Å². The summed E-state index contributed by atoms with van der Waals surface area (Å²) in [6.07, 6.45) is 4.29. The number of hydrogen-bond acceptors (Lipinski definition) is 7. The van der Waals surface area contributed by atoms with Crippen LogP contribution < -0.4 is 10.9 Å². The lowest BCUT2D eigenvalue weighted by Crippen LogP contribution is -2.23. The zero-order valence-electron chi connectivity index (χ0n) is 15.3. The molecule has 1 aliphatic carbocycles. The number of H-pyrrole nitrogens is 1. The van der Waals surface area contributed by atoms with E-state index in [0.717, 1.165) is 40.1 Å². The largest absolute Gasteiger partial charge is 0.301 e. The minimum Gasteiger partial charge on any atom is -0.301 e. The Morgan fingerprint density at radius 3 is 2.74 bits per heavy atom. The number of carbonyl (C=O) groups is 1. The minimum absolute atomic E-state index is 0.0966. The van der Waals surface area contributed by atoms with Gasteiger partial charge in [-0.2, -0.15) is 0 Å². The first-order chi connectivity index (χ1) is 12.9. The van der Waals surface area contributed by atoms with Gasteiger partial charge in [0.1, 0.15) is 4.83 Å². The third kappa shape index (κ3) is 3.68. The van der Waals surface area contributed by atoms with Crippen molar-refractivity contribution in [1.29, 1.82) is 0 Å². The lowest BCUT2D eigenvalue weighted by Gasteiger charge is -2.10. The molecule has 9 heteroatoms. The third-order valence-corrected chi connectivity index (χ3v) is 7.88. The number of aryl methyl sites for hydroxylation is 4. The highest BCUT2D eigenvalue weighted by atomic mass is 32.2. The third-order valence-electron chi connectivity index (χ3n) is 4.72. The number of anilines is 1. The average molecular weight is 421 g/mol. The van der Waals surface area contributed by atoms with Crippen LogP contribution in [0.5, 0.6) is 0 Å². The Morgan fingerprint density at radius 2 is 2.00 bits per heavy atom.